The van der Waals surface area contributed by atoms with E-state index in [9.17, 15) is 5.26 Å². The average molecular weight is 252 g/mol. The summed E-state index contributed by atoms with van der Waals surface area (Å²) in [5, 5.41) is 12.6. The lowest BCUT2D eigenvalue weighted by Crippen LogP contribution is -2.55. The Hall–Kier alpha value is -0.630. The van der Waals surface area contributed by atoms with Gasteiger partial charge in [-0.2, -0.15) is 5.26 Å². The van der Waals surface area contributed by atoms with Gasteiger partial charge in [0.25, 0.3) is 0 Å². The van der Waals surface area contributed by atoms with Crippen LogP contribution in [0.3, 0.4) is 0 Å². The van der Waals surface area contributed by atoms with Crippen molar-refractivity contribution < 1.29 is 0 Å². The zero-order chi connectivity index (χ0) is 13.6. The van der Waals surface area contributed by atoms with Gasteiger partial charge < -0.3 is 4.90 Å². The molecule has 1 aliphatic rings. The van der Waals surface area contributed by atoms with Gasteiger partial charge in [0.15, 0.2) is 0 Å². The van der Waals surface area contributed by atoms with Crippen LogP contribution in [-0.4, -0.2) is 61.2 Å². The fourth-order valence-electron chi connectivity index (χ4n) is 2.61. The second-order valence-corrected chi connectivity index (χ2v) is 5.94. The van der Waals surface area contributed by atoms with Crippen LogP contribution in [0.2, 0.25) is 0 Å². The lowest BCUT2D eigenvalue weighted by molar-refractivity contribution is 0.107. The van der Waals surface area contributed by atoms with E-state index in [1.54, 1.807) is 0 Å². The molecule has 1 heterocycles. The first kappa shape index (κ1) is 15.4. The molecular formula is C14H28N4. The number of hydrogen-bond donors (Lipinski definition) is 1. The number of rotatable bonds is 6. The number of nitrogens with one attached hydrogen (secondary N) is 1. The normalized spacial score (nSPS) is 21.8. The molecule has 18 heavy (non-hydrogen) atoms. The second kappa shape index (κ2) is 7.08. The number of nitriles is 1. The van der Waals surface area contributed by atoms with Crippen molar-refractivity contribution in [1.29, 1.82) is 5.26 Å². The Morgan fingerprint density at radius 2 is 1.78 bits per heavy atom. The molecule has 0 spiro atoms. The highest BCUT2D eigenvalue weighted by molar-refractivity contribution is 5.05. The number of likely N-dealkylation sites (N-methyl/N-ethyl adjacent to an activating group) is 1. The molecule has 0 amide bonds. The van der Waals surface area contributed by atoms with Gasteiger partial charge in [0.1, 0.15) is 5.54 Å². The van der Waals surface area contributed by atoms with E-state index in [-0.39, 0.29) is 0 Å². The Balaban J connectivity index is 2.37. The standard InChI is InChI=1S/C14H28N4/c1-5-16-14(4,11-15)12-18-8-6-17(7-9-18)10-13(2)3/h13,16H,5-10,12H2,1-4H3. The second-order valence-electron chi connectivity index (χ2n) is 5.94. The molecule has 1 saturated heterocycles. The van der Waals surface area contributed by atoms with Gasteiger partial charge in [0.05, 0.1) is 6.07 Å². The fraction of sp³-hybridized carbons (Fsp3) is 0.929. The van der Waals surface area contributed by atoms with E-state index in [2.05, 4.69) is 42.0 Å². The van der Waals surface area contributed by atoms with E-state index < -0.39 is 5.54 Å². The van der Waals surface area contributed by atoms with E-state index in [1.165, 1.54) is 6.54 Å². The lowest BCUT2D eigenvalue weighted by Gasteiger charge is -2.38. The van der Waals surface area contributed by atoms with Crippen molar-refractivity contribution in [1.82, 2.24) is 15.1 Å². The minimum atomic E-state index is -0.408. The highest BCUT2D eigenvalue weighted by atomic mass is 15.3. The maximum absolute atomic E-state index is 9.27. The highest BCUT2D eigenvalue weighted by Crippen LogP contribution is 2.10. The van der Waals surface area contributed by atoms with Crippen molar-refractivity contribution >= 4 is 0 Å². The molecule has 1 unspecified atom stereocenters. The minimum Gasteiger partial charge on any atom is -0.301 e. The summed E-state index contributed by atoms with van der Waals surface area (Å²) in [4.78, 5) is 4.93. The maximum atomic E-state index is 9.27. The van der Waals surface area contributed by atoms with E-state index in [0.29, 0.717) is 0 Å². The van der Waals surface area contributed by atoms with Crippen LogP contribution in [0.25, 0.3) is 0 Å². The van der Waals surface area contributed by atoms with Gasteiger partial charge in [0, 0.05) is 39.3 Å². The molecule has 0 saturated carbocycles. The minimum absolute atomic E-state index is 0.408. The smallest absolute Gasteiger partial charge is 0.116 e. The van der Waals surface area contributed by atoms with Crippen LogP contribution < -0.4 is 5.32 Å². The predicted molar refractivity (Wildman–Crippen MR) is 75.4 cm³/mol. The first-order chi connectivity index (χ1) is 8.49. The van der Waals surface area contributed by atoms with E-state index in [1.807, 2.05) is 6.92 Å². The van der Waals surface area contributed by atoms with Crippen LogP contribution in [0.1, 0.15) is 27.7 Å². The molecule has 1 fully saturated rings. The molecule has 1 rings (SSSR count). The van der Waals surface area contributed by atoms with Crippen molar-refractivity contribution in [3.63, 3.8) is 0 Å². The van der Waals surface area contributed by atoms with Crippen LogP contribution in [0.5, 0.6) is 0 Å². The molecule has 4 heteroatoms. The van der Waals surface area contributed by atoms with Crippen LogP contribution in [0, 0.1) is 17.2 Å². The molecule has 1 atom stereocenters. The molecule has 1 aliphatic heterocycles. The molecular weight excluding hydrogens is 224 g/mol. The zero-order valence-corrected chi connectivity index (χ0v) is 12.4. The molecule has 0 aromatic carbocycles. The predicted octanol–water partition coefficient (Wildman–Crippen LogP) is 1.15. The summed E-state index contributed by atoms with van der Waals surface area (Å²) < 4.78 is 0. The fourth-order valence-corrected chi connectivity index (χ4v) is 2.61. The van der Waals surface area contributed by atoms with Gasteiger partial charge in [0.2, 0.25) is 0 Å². The molecule has 0 bridgehead atoms. The zero-order valence-electron chi connectivity index (χ0n) is 12.4. The Morgan fingerprint density at radius 1 is 1.22 bits per heavy atom. The summed E-state index contributed by atoms with van der Waals surface area (Å²) in [6.45, 7) is 15.9. The quantitative estimate of drug-likeness (QED) is 0.770. The largest absolute Gasteiger partial charge is 0.301 e. The van der Waals surface area contributed by atoms with Crippen LogP contribution in [0.15, 0.2) is 0 Å². The number of piperazine rings is 1. The lowest BCUT2D eigenvalue weighted by atomic mass is 10.0. The van der Waals surface area contributed by atoms with Crippen molar-refractivity contribution in [2.24, 2.45) is 5.92 Å². The van der Waals surface area contributed by atoms with Crippen molar-refractivity contribution in [2.75, 3.05) is 45.8 Å². The summed E-state index contributed by atoms with van der Waals surface area (Å²) in [6.07, 6.45) is 0. The molecule has 4 nitrogen and oxygen atoms in total. The van der Waals surface area contributed by atoms with Crippen LogP contribution in [-0.2, 0) is 0 Å². The first-order valence-electron chi connectivity index (χ1n) is 7.10. The molecule has 0 aromatic heterocycles. The third-order valence-electron chi connectivity index (χ3n) is 3.44. The number of hydrogen-bond acceptors (Lipinski definition) is 4. The van der Waals surface area contributed by atoms with Gasteiger partial charge in [-0.15, -0.1) is 0 Å². The van der Waals surface area contributed by atoms with Crippen molar-refractivity contribution in [3.05, 3.63) is 0 Å². The van der Waals surface area contributed by atoms with Gasteiger partial charge in [-0.05, 0) is 19.4 Å². The van der Waals surface area contributed by atoms with Gasteiger partial charge in [-0.25, -0.2) is 0 Å². The van der Waals surface area contributed by atoms with E-state index in [0.717, 1.165) is 45.2 Å². The van der Waals surface area contributed by atoms with Gasteiger partial charge in [-0.1, -0.05) is 20.8 Å². The van der Waals surface area contributed by atoms with Crippen molar-refractivity contribution in [2.45, 2.75) is 33.2 Å². The SMILES string of the molecule is CCNC(C)(C#N)CN1CCN(CC(C)C)CC1. The summed E-state index contributed by atoms with van der Waals surface area (Å²) >= 11 is 0. The van der Waals surface area contributed by atoms with E-state index in [4.69, 9.17) is 0 Å². The Kier molecular flexibility index (Phi) is 6.07. The van der Waals surface area contributed by atoms with Gasteiger partial charge >= 0.3 is 0 Å². The molecule has 1 N–H and O–H groups in total. The molecule has 0 radical (unpaired) electrons. The molecule has 0 aliphatic carbocycles. The third kappa shape index (κ3) is 4.93. The first-order valence-corrected chi connectivity index (χ1v) is 7.10. The summed E-state index contributed by atoms with van der Waals surface area (Å²) in [5.74, 6) is 0.739. The summed E-state index contributed by atoms with van der Waals surface area (Å²) in [5.41, 5.74) is -0.408. The number of nitrogens with zero attached hydrogens (tertiary/aromatic N) is 3. The molecule has 0 aromatic rings. The van der Waals surface area contributed by atoms with Crippen LogP contribution in [0.4, 0.5) is 0 Å². The Labute approximate surface area is 112 Å². The monoisotopic (exact) mass is 252 g/mol. The van der Waals surface area contributed by atoms with Gasteiger partial charge in [-0.3, -0.25) is 10.2 Å². The summed E-state index contributed by atoms with van der Waals surface area (Å²) in [6, 6.07) is 2.40. The van der Waals surface area contributed by atoms with Crippen LogP contribution >= 0.6 is 0 Å². The highest BCUT2D eigenvalue weighted by Gasteiger charge is 2.27. The maximum Gasteiger partial charge on any atom is 0.116 e. The Morgan fingerprint density at radius 3 is 2.22 bits per heavy atom. The topological polar surface area (TPSA) is 42.3 Å². The third-order valence-corrected chi connectivity index (χ3v) is 3.44. The van der Waals surface area contributed by atoms with E-state index >= 15 is 0 Å². The summed E-state index contributed by atoms with van der Waals surface area (Å²) in [7, 11) is 0. The average Bonchev–Trinajstić information content (AvgIpc) is 2.31. The van der Waals surface area contributed by atoms with Crippen molar-refractivity contribution in [3.8, 4) is 6.07 Å². The molecule has 104 valence electrons. The Bertz CT molecular complexity index is 276.